The molecular weight excluding hydrogens is 292 g/mol. The highest BCUT2D eigenvalue weighted by Gasteiger charge is 2.07. The van der Waals surface area contributed by atoms with Gasteiger partial charge in [0.1, 0.15) is 0 Å². The van der Waals surface area contributed by atoms with E-state index >= 15 is 0 Å². The quantitative estimate of drug-likeness (QED) is 0.793. The van der Waals surface area contributed by atoms with E-state index in [2.05, 4.69) is 32.5 Å². The molecule has 1 aromatic rings. The highest BCUT2D eigenvalue weighted by Crippen LogP contribution is 2.13. The lowest BCUT2D eigenvalue weighted by Gasteiger charge is -2.13. The second-order valence-corrected chi connectivity index (χ2v) is 4.87. The number of hydrogen-bond acceptors (Lipinski definition) is 2. The normalized spacial score (nSPS) is 11.6. The van der Waals surface area contributed by atoms with E-state index < -0.39 is 0 Å². The van der Waals surface area contributed by atoms with Crippen LogP contribution in [0.1, 0.15) is 19.8 Å². The van der Waals surface area contributed by atoms with Crippen LogP contribution >= 0.6 is 15.9 Å². The average molecular weight is 309 g/mol. The summed E-state index contributed by atoms with van der Waals surface area (Å²) in [6.07, 6.45) is 6.81. The molecule has 2 N–H and O–H groups in total. The molecule has 1 atom stereocenters. The zero-order chi connectivity index (χ0) is 13.4. The molecule has 0 aliphatic heterocycles. The van der Waals surface area contributed by atoms with Gasteiger partial charge in [-0.05, 0) is 30.7 Å². The number of rotatable bonds is 6. The topological polar surface area (TPSA) is 41.1 Å². The van der Waals surface area contributed by atoms with Crippen molar-refractivity contribution < 1.29 is 4.79 Å². The van der Waals surface area contributed by atoms with E-state index in [0.717, 1.165) is 16.6 Å². The van der Waals surface area contributed by atoms with Gasteiger partial charge in [0.15, 0.2) is 0 Å². The number of benzene rings is 1. The summed E-state index contributed by atoms with van der Waals surface area (Å²) in [6.45, 7) is 2.32. The Morgan fingerprint density at radius 1 is 1.44 bits per heavy atom. The first-order valence-corrected chi connectivity index (χ1v) is 6.67. The molecule has 0 heterocycles. The fourth-order valence-electron chi connectivity index (χ4n) is 1.48. The molecule has 0 aliphatic rings. The minimum absolute atomic E-state index is 0.0622. The lowest BCUT2D eigenvalue weighted by molar-refractivity contribution is -0.115. The molecule has 18 heavy (non-hydrogen) atoms. The number of terminal acetylenes is 1. The van der Waals surface area contributed by atoms with Crippen molar-refractivity contribution in [2.45, 2.75) is 25.8 Å². The minimum Gasteiger partial charge on any atom is -0.325 e. The van der Waals surface area contributed by atoms with Crippen LogP contribution in [-0.2, 0) is 4.79 Å². The fourth-order valence-corrected chi connectivity index (χ4v) is 1.74. The third kappa shape index (κ3) is 5.35. The van der Waals surface area contributed by atoms with Gasteiger partial charge in [0.05, 0.1) is 6.54 Å². The molecule has 0 fully saturated rings. The first-order chi connectivity index (χ1) is 8.65. The molecule has 3 nitrogen and oxygen atoms in total. The second kappa shape index (κ2) is 7.91. The van der Waals surface area contributed by atoms with Gasteiger partial charge in [-0.3, -0.25) is 4.79 Å². The molecule has 4 heteroatoms. The molecule has 1 rings (SSSR count). The van der Waals surface area contributed by atoms with E-state index in [1.165, 1.54) is 0 Å². The van der Waals surface area contributed by atoms with Gasteiger partial charge >= 0.3 is 0 Å². The molecule has 96 valence electrons. The van der Waals surface area contributed by atoms with E-state index in [4.69, 9.17) is 6.42 Å². The van der Waals surface area contributed by atoms with Crippen molar-refractivity contribution in [2.24, 2.45) is 0 Å². The minimum atomic E-state index is -0.0622. The third-order valence-electron chi connectivity index (χ3n) is 2.54. The molecule has 0 saturated carbocycles. The smallest absolute Gasteiger partial charge is 0.238 e. The summed E-state index contributed by atoms with van der Waals surface area (Å²) in [5.74, 6) is 2.54. The fraction of sp³-hybridized carbons (Fsp3) is 0.357. The molecule has 1 unspecified atom stereocenters. The maximum atomic E-state index is 11.7. The zero-order valence-corrected chi connectivity index (χ0v) is 12.0. The third-order valence-corrected chi connectivity index (χ3v) is 3.06. The van der Waals surface area contributed by atoms with E-state index in [1.54, 1.807) is 0 Å². The van der Waals surface area contributed by atoms with Gasteiger partial charge in [-0.15, -0.1) is 12.3 Å². The summed E-state index contributed by atoms with van der Waals surface area (Å²) in [7, 11) is 0. The van der Waals surface area contributed by atoms with Gasteiger partial charge in [0.2, 0.25) is 5.91 Å². The van der Waals surface area contributed by atoms with Crippen molar-refractivity contribution in [3.8, 4) is 12.3 Å². The van der Waals surface area contributed by atoms with E-state index in [0.29, 0.717) is 6.42 Å². The van der Waals surface area contributed by atoms with Crippen molar-refractivity contribution in [1.29, 1.82) is 0 Å². The molecular formula is C14H17BrN2O. The number of carbonyl (C=O) groups excluding carboxylic acids is 1. The van der Waals surface area contributed by atoms with Crippen LogP contribution in [0, 0.1) is 12.3 Å². The Morgan fingerprint density at radius 3 is 2.67 bits per heavy atom. The molecule has 0 aliphatic carbocycles. The summed E-state index contributed by atoms with van der Waals surface area (Å²) >= 11 is 3.34. The Morgan fingerprint density at radius 2 is 2.11 bits per heavy atom. The summed E-state index contributed by atoms with van der Waals surface area (Å²) in [6, 6.07) is 7.67. The Bertz CT molecular complexity index is 422. The summed E-state index contributed by atoms with van der Waals surface area (Å²) < 4.78 is 0.985. The van der Waals surface area contributed by atoms with Crippen molar-refractivity contribution >= 4 is 27.5 Å². The number of hydrogen-bond donors (Lipinski definition) is 2. The lowest BCUT2D eigenvalue weighted by Crippen LogP contribution is -2.35. The number of amides is 1. The highest BCUT2D eigenvalue weighted by molar-refractivity contribution is 9.10. The Balaban J connectivity index is 2.38. The molecule has 0 bridgehead atoms. The summed E-state index contributed by atoms with van der Waals surface area (Å²) in [4.78, 5) is 11.7. The number of anilines is 1. The second-order valence-electron chi connectivity index (χ2n) is 3.95. The first kappa shape index (κ1) is 14.7. The van der Waals surface area contributed by atoms with E-state index in [9.17, 15) is 4.79 Å². The molecule has 0 radical (unpaired) electrons. The monoisotopic (exact) mass is 308 g/mol. The van der Waals surface area contributed by atoms with E-state index in [1.807, 2.05) is 31.2 Å². The predicted molar refractivity (Wildman–Crippen MR) is 78.3 cm³/mol. The zero-order valence-electron chi connectivity index (χ0n) is 10.4. The Labute approximate surface area is 116 Å². The van der Waals surface area contributed by atoms with Crippen molar-refractivity contribution in [2.75, 3.05) is 11.9 Å². The van der Waals surface area contributed by atoms with Gasteiger partial charge < -0.3 is 10.6 Å². The van der Waals surface area contributed by atoms with Gasteiger partial charge in [0, 0.05) is 22.6 Å². The van der Waals surface area contributed by atoms with Gasteiger partial charge in [-0.1, -0.05) is 22.9 Å². The van der Waals surface area contributed by atoms with Gasteiger partial charge in [0.25, 0.3) is 0 Å². The highest BCUT2D eigenvalue weighted by atomic mass is 79.9. The molecule has 0 spiro atoms. The summed E-state index contributed by atoms with van der Waals surface area (Å²) in [5.41, 5.74) is 0.787. The van der Waals surface area contributed by atoms with Crippen LogP contribution in [-0.4, -0.2) is 18.5 Å². The summed E-state index contributed by atoms with van der Waals surface area (Å²) in [5, 5.41) is 5.95. The molecule has 1 amide bonds. The maximum Gasteiger partial charge on any atom is 0.238 e. The van der Waals surface area contributed by atoms with Gasteiger partial charge in [-0.2, -0.15) is 0 Å². The Hall–Kier alpha value is -1.31. The van der Waals surface area contributed by atoms with Crippen molar-refractivity contribution in [3.63, 3.8) is 0 Å². The molecule has 1 aromatic carbocycles. The SMILES string of the molecule is C#CCC(CC)NCC(=O)Nc1ccc(Br)cc1. The van der Waals surface area contributed by atoms with Gasteiger partial charge in [-0.25, -0.2) is 0 Å². The van der Waals surface area contributed by atoms with Crippen LogP contribution in [0.4, 0.5) is 5.69 Å². The van der Waals surface area contributed by atoms with Crippen LogP contribution in [0.25, 0.3) is 0 Å². The van der Waals surface area contributed by atoms with Crippen LogP contribution in [0.15, 0.2) is 28.7 Å². The Kier molecular flexibility index (Phi) is 6.48. The van der Waals surface area contributed by atoms with Crippen molar-refractivity contribution in [3.05, 3.63) is 28.7 Å². The number of halogens is 1. The van der Waals surface area contributed by atoms with Crippen LogP contribution < -0.4 is 10.6 Å². The first-order valence-electron chi connectivity index (χ1n) is 5.88. The van der Waals surface area contributed by atoms with Crippen LogP contribution in [0.3, 0.4) is 0 Å². The molecule has 0 saturated heterocycles. The lowest BCUT2D eigenvalue weighted by atomic mass is 10.1. The van der Waals surface area contributed by atoms with Crippen LogP contribution in [0.2, 0.25) is 0 Å². The molecule has 0 aromatic heterocycles. The van der Waals surface area contributed by atoms with E-state index in [-0.39, 0.29) is 18.5 Å². The number of nitrogens with one attached hydrogen (secondary N) is 2. The largest absolute Gasteiger partial charge is 0.325 e. The average Bonchev–Trinajstić information content (AvgIpc) is 2.37. The standard InChI is InChI=1S/C14H17BrN2O/c1-3-5-12(4-2)16-10-14(18)17-13-8-6-11(15)7-9-13/h1,6-9,12,16H,4-5,10H2,2H3,(H,17,18). The maximum absolute atomic E-state index is 11.7. The number of carbonyl (C=O) groups is 1. The van der Waals surface area contributed by atoms with Crippen molar-refractivity contribution in [1.82, 2.24) is 5.32 Å². The predicted octanol–water partition coefficient (Wildman–Crippen LogP) is 2.78. The van der Waals surface area contributed by atoms with Crippen LogP contribution in [0.5, 0.6) is 0 Å².